The highest BCUT2D eigenvalue weighted by molar-refractivity contribution is 7.92. The number of nitrogens with two attached hydrogens (primary N) is 3. The number of benzene rings is 1. The van der Waals surface area contributed by atoms with Gasteiger partial charge in [-0.2, -0.15) is 5.21 Å². The smallest absolute Gasteiger partial charge is 0.243 e. The van der Waals surface area contributed by atoms with Gasteiger partial charge in [-0.1, -0.05) is 0 Å². The van der Waals surface area contributed by atoms with E-state index in [-0.39, 0.29) is 40.3 Å². The van der Waals surface area contributed by atoms with E-state index in [9.17, 15) is 18.1 Å². The van der Waals surface area contributed by atoms with E-state index in [1.807, 2.05) is 4.90 Å². The Morgan fingerprint density at radius 3 is 2.67 bits per heavy atom. The summed E-state index contributed by atoms with van der Waals surface area (Å²) in [5, 5.41) is 28.8. The molecule has 0 saturated carbocycles. The fourth-order valence-electron chi connectivity index (χ4n) is 3.20. The quantitative estimate of drug-likeness (QED) is 0.224. The summed E-state index contributed by atoms with van der Waals surface area (Å²) in [5.41, 5.74) is 12.0. The number of nitrogens with one attached hydrogen (secondary N) is 2. The number of nitrogens with zero attached hydrogens (tertiary/aromatic N) is 4. The van der Waals surface area contributed by atoms with E-state index in [4.69, 9.17) is 16.6 Å². The Hall–Kier alpha value is -1.85. The molecule has 166 valence electrons. The third kappa shape index (κ3) is 5.06. The zero-order valence-electron chi connectivity index (χ0n) is 16.1. The number of aromatic nitrogens is 4. The zero-order valence-corrected chi connectivity index (χ0v) is 17.7. The summed E-state index contributed by atoms with van der Waals surface area (Å²) >= 11 is -2.00. The first-order valence-corrected chi connectivity index (χ1v) is 11.9. The van der Waals surface area contributed by atoms with E-state index in [0.717, 1.165) is 12.8 Å². The maximum Gasteiger partial charge on any atom is 0.243 e. The van der Waals surface area contributed by atoms with Crippen LogP contribution < -0.4 is 26.2 Å². The minimum absolute atomic E-state index is 0.00439. The second-order valence-electron chi connectivity index (χ2n) is 6.90. The van der Waals surface area contributed by atoms with Gasteiger partial charge in [-0.25, -0.2) is 13.6 Å². The number of aliphatic hydroxyl groups excluding tert-OH is 1. The molecule has 1 aliphatic heterocycles. The largest absolute Gasteiger partial charge is 0.593 e. The van der Waals surface area contributed by atoms with E-state index >= 15 is 0 Å². The van der Waals surface area contributed by atoms with Gasteiger partial charge < -0.3 is 26.0 Å². The van der Waals surface area contributed by atoms with Crippen LogP contribution in [0.1, 0.15) is 12.8 Å². The highest BCUT2D eigenvalue weighted by Crippen LogP contribution is 2.39. The first kappa shape index (κ1) is 22.8. The van der Waals surface area contributed by atoms with Crippen LogP contribution in [0.15, 0.2) is 21.9 Å². The van der Waals surface area contributed by atoms with Gasteiger partial charge in [-0.05, 0) is 30.2 Å². The van der Waals surface area contributed by atoms with Gasteiger partial charge in [0.1, 0.15) is 0 Å². The number of sulfonamides is 1. The van der Waals surface area contributed by atoms with Crippen molar-refractivity contribution in [3.63, 3.8) is 0 Å². The fraction of sp³-hybridized carbons (Fsp3) is 0.533. The predicted octanol–water partition coefficient (Wildman–Crippen LogP) is -2.63. The highest BCUT2D eigenvalue weighted by Gasteiger charge is 2.34. The molecule has 15 heteroatoms. The van der Waals surface area contributed by atoms with Gasteiger partial charge in [-0.3, -0.25) is 0 Å². The van der Waals surface area contributed by atoms with Gasteiger partial charge >= 0.3 is 0 Å². The van der Waals surface area contributed by atoms with Crippen LogP contribution in [0.2, 0.25) is 0 Å². The van der Waals surface area contributed by atoms with Gasteiger partial charge in [0, 0.05) is 31.4 Å². The van der Waals surface area contributed by atoms with E-state index in [1.54, 1.807) is 6.07 Å². The zero-order chi connectivity index (χ0) is 21.9. The summed E-state index contributed by atoms with van der Waals surface area (Å²) < 4.78 is 40.5. The summed E-state index contributed by atoms with van der Waals surface area (Å²) in [5.74, 6) is 0.00439. The second-order valence-corrected chi connectivity index (χ2v) is 9.66. The van der Waals surface area contributed by atoms with Crippen LogP contribution >= 0.6 is 0 Å². The average molecular weight is 460 g/mol. The van der Waals surface area contributed by atoms with Crippen LogP contribution in [0, 0.1) is 0 Å². The molecule has 3 rings (SSSR count). The maximum absolute atomic E-state index is 12.8. The molecular formula is C15H25N9O4S2. The predicted molar refractivity (Wildman–Crippen MR) is 110 cm³/mol. The topological polar surface area (TPSA) is 225 Å². The van der Waals surface area contributed by atoms with Crippen molar-refractivity contribution in [3.8, 4) is 11.4 Å². The minimum Gasteiger partial charge on any atom is -0.593 e. The van der Waals surface area contributed by atoms with Gasteiger partial charge in [0.2, 0.25) is 15.8 Å². The number of hydrogen-bond donors (Lipinski definition) is 6. The summed E-state index contributed by atoms with van der Waals surface area (Å²) in [6, 6.07) is 3.13. The molecule has 13 nitrogen and oxygen atoms in total. The first-order valence-electron chi connectivity index (χ1n) is 9.20. The number of aliphatic hydroxyl groups is 1. The van der Waals surface area contributed by atoms with Gasteiger partial charge in [0.15, 0.2) is 9.79 Å². The summed E-state index contributed by atoms with van der Waals surface area (Å²) in [4.78, 5) is 1.51. The summed E-state index contributed by atoms with van der Waals surface area (Å²) in [6.07, 6.45) is 0.506. The number of aromatic amines is 1. The summed E-state index contributed by atoms with van der Waals surface area (Å²) in [7, 11) is -4.34. The van der Waals surface area contributed by atoms with Gasteiger partial charge in [0.05, 0.1) is 29.6 Å². The van der Waals surface area contributed by atoms with Crippen molar-refractivity contribution in [3.05, 3.63) is 12.1 Å². The van der Waals surface area contributed by atoms with Crippen molar-refractivity contribution in [1.29, 1.82) is 0 Å². The van der Waals surface area contributed by atoms with Crippen molar-refractivity contribution in [2.75, 3.05) is 31.1 Å². The minimum atomic E-state index is -4.34. The SMILES string of the molecule is NC[C@@H](O)CN[S+]([O-])c1ccc(N2CCC(N)CC2)c(-c2nn[nH]n2)c1S(N)(=O)=O. The van der Waals surface area contributed by atoms with Crippen LogP contribution in [0.25, 0.3) is 11.4 Å². The molecule has 1 fully saturated rings. The van der Waals surface area contributed by atoms with Crippen LogP contribution in [0.4, 0.5) is 5.69 Å². The number of primary sulfonamides is 1. The average Bonchev–Trinajstić information content (AvgIpc) is 3.25. The molecule has 2 atom stereocenters. The Morgan fingerprint density at radius 1 is 1.40 bits per heavy atom. The lowest BCUT2D eigenvalue weighted by molar-refractivity contribution is 0.186. The van der Waals surface area contributed by atoms with Crippen molar-refractivity contribution >= 4 is 27.1 Å². The van der Waals surface area contributed by atoms with Crippen LogP contribution in [0.5, 0.6) is 0 Å². The number of rotatable bonds is 8. The van der Waals surface area contributed by atoms with E-state index in [2.05, 4.69) is 25.3 Å². The lowest BCUT2D eigenvalue weighted by Gasteiger charge is -2.33. The molecule has 1 aliphatic rings. The van der Waals surface area contributed by atoms with Gasteiger partial charge in [0.25, 0.3) is 0 Å². The second kappa shape index (κ2) is 9.52. The van der Waals surface area contributed by atoms with Gasteiger partial charge in [-0.15, -0.1) is 14.9 Å². The molecule has 30 heavy (non-hydrogen) atoms. The number of H-pyrrole nitrogens is 1. The van der Waals surface area contributed by atoms with E-state index in [1.165, 1.54) is 6.07 Å². The van der Waals surface area contributed by atoms with E-state index < -0.39 is 27.5 Å². The van der Waals surface area contributed by atoms with E-state index in [0.29, 0.717) is 18.8 Å². The molecule has 0 aliphatic carbocycles. The molecule has 1 aromatic carbocycles. The summed E-state index contributed by atoms with van der Waals surface area (Å²) in [6.45, 7) is 1.05. The maximum atomic E-state index is 12.8. The lowest BCUT2D eigenvalue weighted by Crippen LogP contribution is -2.40. The molecular weight excluding hydrogens is 434 g/mol. The third-order valence-corrected chi connectivity index (χ3v) is 7.05. The standard InChI is InChI=1S/C15H25N9O4S2/c16-7-10(25)8-19-29(26)12-2-1-11(24-5-3-9(17)4-6-24)13(14(12)30(18,27)28)15-20-22-23-21-15/h1-2,9-10,19,25H,3-8,16-17H2,(H2,18,27,28)(H,20,21,22,23)/t10-,29?/m1/s1. The highest BCUT2D eigenvalue weighted by atomic mass is 32.2. The fourth-order valence-corrected chi connectivity index (χ4v) is 5.57. The first-order chi connectivity index (χ1) is 14.2. The molecule has 2 aromatic rings. The van der Waals surface area contributed by atoms with Crippen molar-refractivity contribution < 1.29 is 18.1 Å². The molecule has 1 unspecified atom stereocenters. The number of anilines is 1. The molecule has 0 radical (unpaired) electrons. The Bertz CT molecular complexity index is 949. The van der Waals surface area contributed by atoms with Crippen molar-refractivity contribution in [2.24, 2.45) is 16.6 Å². The normalized spacial score (nSPS) is 17.8. The monoisotopic (exact) mass is 459 g/mol. The number of tetrazole rings is 1. The Labute approximate surface area is 176 Å². The molecule has 1 aromatic heterocycles. The lowest BCUT2D eigenvalue weighted by atomic mass is 10.0. The third-order valence-electron chi connectivity index (χ3n) is 4.76. The van der Waals surface area contributed by atoms with Crippen molar-refractivity contribution in [2.45, 2.75) is 34.8 Å². The molecule has 9 N–H and O–H groups in total. The van der Waals surface area contributed by atoms with Crippen LogP contribution in [-0.4, -0.2) is 77.0 Å². The molecule has 0 amide bonds. The van der Waals surface area contributed by atoms with Crippen LogP contribution in [-0.2, 0) is 21.4 Å². The Kier molecular flexibility index (Phi) is 7.25. The Balaban J connectivity index is 2.12. The molecule has 1 saturated heterocycles. The van der Waals surface area contributed by atoms with Crippen molar-refractivity contribution in [1.82, 2.24) is 25.3 Å². The molecule has 0 bridgehead atoms. The Morgan fingerprint density at radius 2 is 2.10 bits per heavy atom. The number of hydrogen-bond acceptors (Lipinski definition) is 11. The number of piperidine rings is 1. The van der Waals surface area contributed by atoms with Crippen LogP contribution in [0.3, 0.4) is 0 Å². The molecule has 0 spiro atoms. The molecule has 2 heterocycles.